The van der Waals surface area contributed by atoms with Gasteiger partial charge in [-0.05, 0) is 61.1 Å². The Labute approximate surface area is 255 Å². The van der Waals surface area contributed by atoms with E-state index in [1.165, 1.54) is 17.6 Å². The van der Waals surface area contributed by atoms with Crippen LogP contribution < -0.4 is 15.4 Å². The molecule has 226 valence electrons. The van der Waals surface area contributed by atoms with Crippen molar-refractivity contribution in [3.05, 3.63) is 88.6 Å². The quantitative estimate of drug-likeness (QED) is 0.176. The molecule has 43 heavy (non-hydrogen) atoms. The zero-order chi connectivity index (χ0) is 30.5. The zero-order valence-corrected chi connectivity index (χ0v) is 25.5. The molecule has 0 fully saturated rings. The molecule has 0 unspecified atom stereocenters. The van der Waals surface area contributed by atoms with E-state index in [0.29, 0.717) is 29.5 Å². The lowest BCUT2D eigenvalue weighted by atomic mass is 10.1. The summed E-state index contributed by atoms with van der Waals surface area (Å²) in [6.07, 6.45) is 5.27. The molecule has 0 aliphatic rings. The molecule has 0 aliphatic carbocycles. The minimum absolute atomic E-state index is 0.0677. The van der Waals surface area contributed by atoms with Gasteiger partial charge in [-0.15, -0.1) is 15.3 Å². The predicted octanol–water partition coefficient (Wildman–Crippen LogP) is 4.07. The summed E-state index contributed by atoms with van der Waals surface area (Å²) < 4.78 is 28.1. The highest BCUT2D eigenvalue weighted by Crippen LogP contribution is 2.19. The normalized spacial score (nSPS) is 11.2. The fraction of sp³-hybridized carbons (Fsp3) is 0.333. The maximum absolute atomic E-state index is 12.5. The van der Waals surface area contributed by atoms with Gasteiger partial charge in [0.1, 0.15) is 20.6 Å². The molecule has 0 bridgehead atoms. The van der Waals surface area contributed by atoms with E-state index in [-0.39, 0.29) is 30.6 Å². The van der Waals surface area contributed by atoms with Crippen LogP contribution in [0.25, 0.3) is 0 Å². The Hall–Kier alpha value is -4.23. The van der Waals surface area contributed by atoms with E-state index in [4.69, 9.17) is 4.74 Å². The monoisotopic (exact) mass is 622 g/mol. The van der Waals surface area contributed by atoms with Gasteiger partial charge in [-0.2, -0.15) is 5.10 Å². The number of anilines is 2. The Kier molecular flexibility index (Phi) is 11.7. The van der Waals surface area contributed by atoms with E-state index in [1.54, 1.807) is 24.3 Å². The molecule has 0 radical (unpaired) electrons. The van der Waals surface area contributed by atoms with Gasteiger partial charge in [-0.25, -0.2) is 8.42 Å². The van der Waals surface area contributed by atoms with E-state index in [1.807, 2.05) is 42.5 Å². The van der Waals surface area contributed by atoms with Gasteiger partial charge in [-0.1, -0.05) is 53.8 Å². The number of amides is 2. The molecule has 2 aromatic carbocycles. The van der Waals surface area contributed by atoms with Gasteiger partial charge in [0.2, 0.25) is 16.9 Å². The summed E-state index contributed by atoms with van der Waals surface area (Å²) in [5, 5.41) is 23.5. The van der Waals surface area contributed by atoms with Crippen molar-refractivity contribution in [2.75, 3.05) is 29.2 Å². The molecule has 2 aromatic heterocycles. The average Bonchev–Trinajstić information content (AvgIpc) is 3.41. The van der Waals surface area contributed by atoms with Gasteiger partial charge in [0.05, 0.1) is 30.9 Å². The van der Waals surface area contributed by atoms with Gasteiger partial charge in [-0.3, -0.25) is 9.59 Å². The van der Waals surface area contributed by atoms with Crippen molar-refractivity contribution in [1.82, 2.24) is 20.4 Å². The van der Waals surface area contributed by atoms with E-state index in [9.17, 15) is 18.0 Å². The predicted molar refractivity (Wildman–Crippen MR) is 166 cm³/mol. The first-order chi connectivity index (χ1) is 20.7. The summed E-state index contributed by atoms with van der Waals surface area (Å²) in [5.74, 6) is 0.673. The van der Waals surface area contributed by atoms with Crippen LogP contribution in [0, 0.1) is 0 Å². The molecular weight excluding hydrogens is 589 g/mol. The summed E-state index contributed by atoms with van der Waals surface area (Å²) in [7, 11) is -3.02. The third kappa shape index (κ3) is 11.9. The van der Waals surface area contributed by atoms with Crippen LogP contribution in [0.2, 0.25) is 0 Å². The number of hydrogen-bond donors (Lipinski definition) is 2. The van der Waals surface area contributed by atoms with Crippen LogP contribution >= 0.6 is 11.3 Å². The number of ether oxygens (including phenoxy) is 1. The molecule has 0 spiro atoms. The summed E-state index contributed by atoms with van der Waals surface area (Å²) in [4.78, 5) is 24.7. The third-order valence-electron chi connectivity index (χ3n) is 6.17. The molecule has 2 N–H and O–H groups in total. The number of aromatic nitrogens is 4. The number of nitrogens with one attached hydrogen (secondary N) is 2. The maximum Gasteiger partial charge on any atom is 0.230 e. The average molecular weight is 623 g/mol. The van der Waals surface area contributed by atoms with Crippen molar-refractivity contribution in [3.63, 3.8) is 0 Å². The molecule has 2 heterocycles. The first-order valence-corrected chi connectivity index (χ1v) is 16.8. The topological polar surface area (TPSA) is 153 Å². The molecular formula is C30H34N6O5S2. The van der Waals surface area contributed by atoms with E-state index in [2.05, 4.69) is 31.0 Å². The van der Waals surface area contributed by atoms with Crippen molar-refractivity contribution in [3.8, 4) is 5.75 Å². The fourth-order valence-electron chi connectivity index (χ4n) is 4.12. The maximum atomic E-state index is 12.5. The SMILES string of the molecule is CS(=O)(=O)CCCOc1cccc(CC(=O)Nc2ccc(CCCCc3nnc(NC(=O)Cc4ccccc4)s3)nn2)c1. The highest BCUT2D eigenvalue weighted by atomic mass is 32.2. The van der Waals surface area contributed by atoms with E-state index < -0.39 is 9.84 Å². The lowest BCUT2D eigenvalue weighted by Crippen LogP contribution is -2.16. The Bertz CT molecular complexity index is 1590. The molecule has 4 rings (SSSR count). The fourth-order valence-corrected chi connectivity index (χ4v) is 5.56. The van der Waals surface area contributed by atoms with Gasteiger partial charge in [0.15, 0.2) is 5.82 Å². The van der Waals surface area contributed by atoms with Crippen molar-refractivity contribution >= 4 is 43.9 Å². The Balaban J connectivity index is 1.13. The highest BCUT2D eigenvalue weighted by molar-refractivity contribution is 7.90. The number of hydrogen-bond acceptors (Lipinski definition) is 10. The first kappa shape index (κ1) is 31.7. The Morgan fingerprint density at radius 3 is 2.30 bits per heavy atom. The van der Waals surface area contributed by atoms with Crippen LogP contribution in [-0.2, 0) is 45.1 Å². The Morgan fingerprint density at radius 1 is 0.791 bits per heavy atom. The van der Waals surface area contributed by atoms with Gasteiger partial charge in [0.25, 0.3) is 0 Å². The third-order valence-corrected chi connectivity index (χ3v) is 8.10. The van der Waals surface area contributed by atoms with Crippen LogP contribution in [0.3, 0.4) is 0 Å². The first-order valence-electron chi connectivity index (χ1n) is 13.9. The van der Waals surface area contributed by atoms with Gasteiger partial charge in [0, 0.05) is 12.7 Å². The summed E-state index contributed by atoms with van der Waals surface area (Å²) in [6, 6.07) is 20.3. The van der Waals surface area contributed by atoms with Crippen molar-refractivity contribution in [2.24, 2.45) is 0 Å². The molecule has 0 saturated carbocycles. The number of rotatable bonds is 16. The van der Waals surface area contributed by atoms with Gasteiger partial charge >= 0.3 is 0 Å². The number of nitrogens with zero attached hydrogens (tertiary/aromatic N) is 4. The van der Waals surface area contributed by atoms with Crippen LogP contribution in [0.5, 0.6) is 5.75 Å². The Morgan fingerprint density at radius 2 is 1.53 bits per heavy atom. The standard InChI is InChI=1S/C30H34N6O5S2/c1-43(39,40)18-8-17-41-25-13-7-11-23(19-25)21-27(37)31-26-16-15-24(33-34-26)12-5-6-14-29-35-36-30(42-29)32-28(38)20-22-9-3-2-4-10-22/h2-4,7,9-11,13,15-16,19H,5-6,8,12,14,17-18,20-21H2,1H3,(H,31,34,37)(H,32,36,38). The van der Waals surface area contributed by atoms with Crippen LogP contribution in [0.4, 0.5) is 10.9 Å². The lowest BCUT2D eigenvalue weighted by molar-refractivity contribution is -0.116. The highest BCUT2D eigenvalue weighted by Gasteiger charge is 2.10. The molecule has 11 nitrogen and oxygen atoms in total. The van der Waals surface area contributed by atoms with E-state index in [0.717, 1.165) is 47.5 Å². The molecule has 0 aliphatic heterocycles. The second kappa shape index (κ2) is 15.8. The van der Waals surface area contributed by atoms with Crippen LogP contribution in [0.1, 0.15) is 41.1 Å². The number of benzene rings is 2. The summed E-state index contributed by atoms with van der Waals surface area (Å²) in [5.41, 5.74) is 2.53. The summed E-state index contributed by atoms with van der Waals surface area (Å²) >= 11 is 1.38. The molecule has 0 atom stereocenters. The van der Waals surface area contributed by atoms with Crippen molar-refractivity contribution < 1.29 is 22.7 Å². The van der Waals surface area contributed by atoms with Crippen molar-refractivity contribution in [1.29, 1.82) is 0 Å². The number of aryl methyl sites for hydroxylation is 2. The minimum Gasteiger partial charge on any atom is -0.494 e. The number of sulfone groups is 1. The molecule has 4 aromatic rings. The van der Waals surface area contributed by atoms with Crippen LogP contribution in [0.15, 0.2) is 66.7 Å². The molecule has 13 heteroatoms. The van der Waals surface area contributed by atoms with Crippen molar-refractivity contribution in [2.45, 2.75) is 44.9 Å². The second-order valence-corrected chi connectivity index (χ2v) is 13.4. The molecule has 0 saturated heterocycles. The lowest BCUT2D eigenvalue weighted by Gasteiger charge is -2.08. The summed E-state index contributed by atoms with van der Waals surface area (Å²) in [6.45, 7) is 0.281. The zero-order valence-electron chi connectivity index (χ0n) is 23.9. The van der Waals surface area contributed by atoms with Crippen LogP contribution in [-0.4, -0.2) is 59.2 Å². The largest absolute Gasteiger partial charge is 0.494 e. The van der Waals surface area contributed by atoms with Gasteiger partial charge < -0.3 is 15.4 Å². The van der Waals surface area contributed by atoms with E-state index >= 15 is 0 Å². The number of unbranched alkanes of at least 4 members (excludes halogenated alkanes) is 1. The minimum atomic E-state index is -3.02. The second-order valence-electron chi connectivity index (χ2n) is 10.0. The molecule has 2 amide bonds. The number of carbonyl (C=O) groups is 2. The number of carbonyl (C=O) groups excluding carboxylic acids is 2. The smallest absolute Gasteiger partial charge is 0.230 e.